The zero-order chi connectivity index (χ0) is 14.4. The lowest BCUT2D eigenvalue weighted by molar-refractivity contribution is 0.241. The standard InChI is InChI=1S/C17H29NO/c1-7-17(14(4)12-18(5)6)15-9-8-10-16(11-15)19-13(2)3/h8-11,13-14,17H,7,12H2,1-6H3/t14-,17+/m0/s1. The fourth-order valence-electron chi connectivity index (χ4n) is 2.76. The summed E-state index contributed by atoms with van der Waals surface area (Å²) in [5.41, 5.74) is 1.40. The summed E-state index contributed by atoms with van der Waals surface area (Å²) in [7, 11) is 4.28. The molecular weight excluding hydrogens is 234 g/mol. The van der Waals surface area contributed by atoms with Gasteiger partial charge in [0.1, 0.15) is 5.75 Å². The Balaban J connectivity index is 2.85. The Bertz CT molecular complexity index is 373. The summed E-state index contributed by atoms with van der Waals surface area (Å²) in [6, 6.07) is 8.60. The van der Waals surface area contributed by atoms with Crippen LogP contribution in [0.2, 0.25) is 0 Å². The van der Waals surface area contributed by atoms with Crippen LogP contribution in [-0.2, 0) is 0 Å². The van der Waals surface area contributed by atoms with Crippen LogP contribution in [0.5, 0.6) is 5.75 Å². The van der Waals surface area contributed by atoms with Gasteiger partial charge in [0.15, 0.2) is 0 Å². The summed E-state index contributed by atoms with van der Waals surface area (Å²) in [4.78, 5) is 2.27. The Kier molecular flexibility index (Phi) is 6.36. The van der Waals surface area contributed by atoms with Gasteiger partial charge in [-0.05, 0) is 63.9 Å². The van der Waals surface area contributed by atoms with Gasteiger partial charge in [-0.25, -0.2) is 0 Å². The van der Waals surface area contributed by atoms with Crippen LogP contribution in [0.25, 0.3) is 0 Å². The van der Waals surface area contributed by atoms with Crippen molar-refractivity contribution in [3.8, 4) is 5.75 Å². The van der Waals surface area contributed by atoms with Crippen molar-refractivity contribution in [2.24, 2.45) is 5.92 Å². The van der Waals surface area contributed by atoms with Crippen LogP contribution in [0.15, 0.2) is 24.3 Å². The molecule has 2 heteroatoms. The van der Waals surface area contributed by atoms with Gasteiger partial charge in [-0.15, -0.1) is 0 Å². The molecule has 0 amide bonds. The van der Waals surface area contributed by atoms with E-state index in [1.807, 2.05) is 6.07 Å². The highest BCUT2D eigenvalue weighted by Gasteiger charge is 2.18. The number of benzene rings is 1. The summed E-state index contributed by atoms with van der Waals surface area (Å²) < 4.78 is 5.80. The van der Waals surface area contributed by atoms with E-state index in [0.29, 0.717) is 11.8 Å². The van der Waals surface area contributed by atoms with Crippen LogP contribution in [0.1, 0.15) is 45.6 Å². The van der Waals surface area contributed by atoms with Crippen molar-refractivity contribution in [2.45, 2.75) is 46.1 Å². The zero-order valence-electron chi connectivity index (χ0n) is 13.3. The van der Waals surface area contributed by atoms with E-state index in [1.54, 1.807) is 0 Å². The first-order chi connectivity index (χ1) is 8.93. The second-order valence-electron chi connectivity index (χ2n) is 5.99. The molecule has 1 aromatic rings. The molecule has 0 aliphatic heterocycles. The fraction of sp³-hybridized carbons (Fsp3) is 0.647. The fourth-order valence-corrected chi connectivity index (χ4v) is 2.76. The molecule has 0 fully saturated rings. The molecule has 1 aromatic carbocycles. The van der Waals surface area contributed by atoms with Gasteiger partial charge in [-0.3, -0.25) is 0 Å². The third kappa shape index (κ3) is 5.23. The molecule has 2 nitrogen and oxygen atoms in total. The summed E-state index contributed by atoms with van der Waals surface area (Å²) >= 11 is 0. The molecule has 19 heavy (non-hydrogen) atoms. The second kappa shape index (κ2) is 7.54. The van der Waals surface area contributed by atoms with Crippen molar-refractivity contribution in [2.75, 3.05) is 20.6 Å². The van der Waals surface area contributed by atoms with E-state index in [1.165, 1.54) is 12.0 Å². The van der Waals surface area contributed by atoms with Gasteiger partial charge in [-0.2, -0.15) is 0 Å². The Morgan fingerprint density at radius 1 is 1.16 bits per heavy atom. The average Bonchev–Trinajstić information content (AvgIpc) is 2.28. The monoisotopic (exact) mass is 263 g/mol. The van der Waals surface area contributed by atoms with E-state index in [-0.39, 0.29) is 6.10 Å². The molecule has 1 rings (SSSR count). The number of ether oxygens (including phenoxy) is 1. The van der Waals surface area contributed by atoms with Crippen molar-refractivity contribution >= 4 is 0 Å². The molecule has 0 N–H and O–H groups in total. The van der Waals surface area contributed by atoms with Crippen molar-refractivity contribution in [1.29, 1.82) is 0 Å². The minimum Gasteiger partial charge on any atom is -0.491 e. The predicted molar refractivity (Wildman–Crippen MR) is 83.0 cm³/mol. The predicted octanol–water partition coefficient (Wildman–Crippen LogP) is 4.17. The van der Waals surface area contributed by atoms with E-state index < -0.39 is 0 Å². The average molecular weight is 263 g/mol. The maximum atomic E-state index is 5.80. The summed E-state index contributed by atoms with van der Waals surface area (Å²) in [5, 5.41) is 0. The molecule has 0 saturated carbocycles. The lowest BCUT2D eigenvalue weighted by Gasteiger charge is -2.26. The second-order valence-corrected chi connectivity index (χ2v) is 5.99. The minimum absolute atomic E-state index is 0.231. The van der Waals surface area contributed by atoms with Crippen LogP contribution in [0, 0.1) is 5.92 Å². The SMILES string of the molecule is CC[C@@H](c1cccc(OC(C)C)c1)[C@@H](C)CN(C)C. The largest absolute Gasteiger partial charge is 0.491 e. The van der Waals surface area contributed by atoms with E-state index in [0.717, 1.165) is 12.3 Å². The number of nitrogens with zero attached hydrogens (tertiary/aromatic N) is 1. The highest BCUT2D eigenvalue weighted by atomic mass is 16.5. The summed E-state index contributed by atoms with van der Waals surface area (Å²) in [6.45, 7) is 9.86. The van der Waals surface area contributed by atoms with Crippen LogP contribution in [0.4, 0.5) is 0 Å². The van der Waals surface area contributed by atoms with E-state index in [4.69, 9.17) is 4.74 Å². The van der Waals surface area contributed by atoms with Gasteiger partial charge in [0.25, 0.3) is 0 Å². The molecule has 0 bridgehead atoms. The first-order valence-corrected chi connectivity index (χ1v) is 7.35. The summed E-state index contributed by atoms with van der Waals surface area (Å²) in [6.07, 6.45) is 1.40. The van der Waals surface area contributed by atoms with Crippen LogP contribution in [0.3, 0.4) is 0 Å². The molecule has 0 spiro atoms. The lowest BCUT2D eigenvalue weighted by atomic mass is 9.85. The molecule has 2 atom stereocenters. The smallest absolute Gasteiger partial charge is 0.119 e. The number of rotatable bonds is 7. The van der Waals surface area contributed by atoms with Crippen LogP contribution in [-0.4, -0.2) is 31.6 Å². The zero-order valence-corrected chi connectivity index (χ0v) is 13.3. The summed E-state index contributed by atoms with van der Waals surface area (Å²) in [5.74, 6) is 2.23. The Morgan fingerprint density at radius 3 is 2.37 bits per heavy atom. The molecule has 0 saturated heterocycles. The van der Waals surface area contributed by atoms with E-state index >= 15 is 0 Å². The third-order valence-corrected chi connectivity index (χ3v) is 3.44. The maximum absolute atomic E-state index is 5.80. The van der Waals surface area contributed by atoms with Crippen molar-refractivity contribution in [3.05, 3.63) is 29.8 Å². The lowest BCUT2D eigenvalue weighted by Crippen LogP contribution is -2.24. The van der Waals surface area contributed by atoms with Crippen molar-refractivity contribution in [3.63, 3.8) is 0 Å². The quantitative estimate of drug-likeness (QED) is 0.732. The van der Waals surface area contributed by atoms with Gasteiger partial charge in [0.2, 0.25) is 0 Å². The van der Waals surface area contributed by atoms with E-state index in [9.17, 15) is 0 Å². The number of hydrogen-bond donors (Lipinski definition) is 0. The van der Waals surface area contributed by atoms with Gasteiger partial charge in [-0.1, -0.05) is 26.0 Å². The Hall–Kier alpha value is -1.02. The Labute approximate surface area is 118 Å². The molecule has 0 radical (unpaired) electrons. The molecule has 0 unspecified atom stereocenters. The topological polar surface area (TPSA) is 12.5 Å². The first kappa shape index (κ1) is 16.0. The highest BCUT2D eigenvalue weighted by Crippen LogP contribution is 2.30. The van der Waals surface area contributed by atoms with E-state index in [2.05, 4.69) is 64.9 Å². The minimum atomic E-state index is 0.231. The van der Waals surface area contributed by atoms with Crippen molar-refractivity contribution < 1.29 is 4.74 Å². The van der Waals surface area contributed by atoms with Gasteiger partial charge in [0, 0.05) is 6.54 Å². The molecule has 0 aromatic heterocycles. The van der Waals surface area contributed by atoms with Crippen molar-refractivity contribution in [1.82, 2.24) is 4.90 Å². The molecule has 0 aliphatic carbocycles. The van der Waals surface area contributed by atoms with Gasteiger partial charge in [0.05, 0.1) is 6.10 Å². The molecule has 108 valence electrons. The van der Waals surface area contributed by atoms with Crippen LogP contribution < -0.4 is 4.74 Å². The first-order valence-electron chi connectivity index (χ1n) is 7.35. The van der Waals surface area contributed by atoms with Gasteiger partial charge < -0.3 is 9.64 Å². The normalized spacial score (nSPS) is 14.7. The maximum Gasteiger partial charge on any atom is 0.119 e. The third-order valence-electron chi connectivity index (χ3n) is 3.44. The highest BCUT2D eigenvalue weighted by molar-refractivity contribution is 5.31. The molecule has 0 heterocycles. The molecular formula is C17H29NO. The Morgan fingerprint density at radius 2 is 1.84 bits per heavy atom. The number of hydrogen-bond acceptors (Lipinski definition) is 2. The van der Waals surface area contributed by atoms with Crippen LogP contribution >= 0.6 is 0 Å². The van der Waals surface area contributed by atoms with Gasteiger partial charge >= 0.3 is 0 Å². The molecule has 0 aliphatic rings.